The van der Waals surface area contributed by atoms with Crippen LogP contribution in [-0.2, 0) is 5.11 Å². The lowest BCUT2D eigenvalue weighted by Crippen LogP contribution is -1.94. The summed E-state index contributed by atoms with van der Waals surface area (Å²) in [5, 5.41) is 11.7. The summed E-state index contributed by atoms with van der Waals surface area (Å²) in [7, 11) is 1.36. The van der Waals surface area contributed by atoms with Crippen LogP contribution in [0.1, 0.15) is 10.4 Å². The Bertz CT molecular complexity index is 281. The van der Waals surface area contributed by atoms with Gasteiger partial charge in [0, 0.05) is 5.38 Å². The molecule has 1 radical (unpaired) electrons. The van der Waals surface area contributed by atoms with Crippen molar-refractivity contribution in [3.63, 3.8) is 0 Å². The fourth-order valence-electron chi connectivity index (χ4n) is 0.655. The predicted octanol–water partition coefficient (Wildman–Crippen LogP) is 1.98. The molecule has 0 N–H and O–H groups in total. The summed E-state index contributed by atoms with van der Waals surface area (Å²) >= 11 is 6.70. The summed E-state index contributed by atoms with van der Waals surface area (Å²) in [4.78, 5) is 10.4. The lowest BCUT2D eigenvalue weighted by molar-refractivity contribution is 0.0570. The zero-order valence-electron chi connectivity index (χ0n) is 5.59. The summed E-state index contributed by atoms with van der Waals surface area (Å²) in [6, 6.07) is 0. The highest BCUT2D eigenvalue weighted by Gasteiger charge is 2.17. The van der Waals surface area contributed by atoms with Crippen molar-refractivity contribution in [3.05, 3.63) is 15.3 Å². The normalized spacial score (nSPS) is 9.64. The molecule has 0 unspecified atom stereocenters. The molecule has 5 heteroatoms. The molecular weight excluding hydrogens is 188 g/mol. The van der Waals surface area contributed by atoms with Crippen LogP contribution in [0.2, 0.25) is 4.34 Å². The van der Waals surface area contributed by atoms with E-state index in [0.717, 1.165) is 11.3 Å². The van der Waals surface area contributed by atoms with Gasteiger partial charge in [-0.2, -0.15) is 0 Å². The first-order valence-corrected chi connectivity index (χ1v) is 3.95. The molecule has 59 valence electrons. The molecule has 0 aliphatic heterocycles. The number of ether oxygens (including phenoxy) is 1. The highest BCUT2D eigenvalue weighted by atomic mass is 35.5. The van der Waals surface area contributed by atoms with Gasteiger partial charge < -0.3 is 4.74 Å². The standard InChI is InChI=1S/C6H4ClO3S/c1-10-4-3(6(8)9)2-11-5(4)7/h2H,1H3. The molecule has 0 amide bonds. The number of rotatable bonds is 2. The Labute approximate surface area is 72.2 Å². The van der Waals surface area contributed by atoms with E-state index in [1.807, 2.05) is 0 Å². The zero-order valence-corrected chi connectivity index (χ0v) is 7.16. The number of carbonyl (C=O) groups excluding carboxylic acids is 1. The minimum atomic E-state index is -1.27. The van der Waals surface area contributed by atoms with Crippen molar-refractivity contribution in [1.82, 2.24) is 0 Å². The van der Waals surface area contributed by atoms with E-state index >= 15 is 0 Å². The Balaban J connectivity index is 3.15. The summed E-state index contributed by atoms with van der Waals surface area (Å²) in [6.07, 6.45) is 0. The van der Waals surface area contributed by atoms with Crippen molar-refractivity contribution in [3.8, 4) is 5.75 Å². The van der Waals surface area contributed by atoms with Gasteiger partial charge in [-0.25, -0.2) is 9.90 Å². The second kappa shape index (κ2) is 3.11. The number of halogens is 1. The van der Waals surface area contributed by atoms with E-state index in [2.05, 4.69) is 0 Å². The average molecular weight is 192 g/mol. The van der Waals surface area contributed by atoms with Gasteiger partial charge in [0.1, 0.15) is 9.90 Å². The van der Waals surface area contributed by atoms with Crippen LogP contribution < -0.4 is 4.74 Å². The Morgan fingerprint density at radius 2 is 2.36 bits per heavy atom. The van der Waals surface area contributed by atoms with Crippen molar-refractivity contribution in [2.75, 3.05) is 7.11 Å². The molecule has 0 saturated carbocycles. The smallest absolute Gasteiger partial charge is 0.390 e. The minimum Gasteiger partial charge on any atom is -0.493 e. The topological polar surface area (TPSA) is 46.2 Å². The van der Waals surface area contributed by atoms with Crippen molar-refractivity contribution in [2.45, 2.75) is 0 Å². The van der Waals surface area contributed by atoms with E-state index in [-0.39, 0.29) is 11.3 Å². The molecular formula is C6H4ClO3S. The van der Waals surface area contributed by atoms with Crippen molar-refractivity contribution in [1.29, 1.82) is 0 Å². The molecule has 0 saturated heterocycles. The van der Waals surface area contributed by atoms with Gasteiger partial charge in [-0.15, -0.1) is 11.3 Å². The lowest BCUT2D eigenvalue weighted by atomic mass is 10.3. The van der Waals surface area contributed by atoms with Gasteiger partial charge in [0.25, 0.3) is 0 Å². The Hall–Kier alpha value is -0.740. The Morgan fingerprint density at radius 3 is 2.73 bits per heavy atom. The summed E-state index contributed by atoms with van der Waals surface area (Å²) in [5.41, 5.74) is 0.00231. The molecule has 0 aliphatic rings. The number of hydrogen-bond acceptors (Lipinski definition) is 3. The van der Waals surface area contributed by atoms with Gasteiger partial charge in [0.05, 0.1) is 7.11 Å². The summed E-state index contributed by atoms with van der Waals surface area (Å²) in [6.45, 7) is 0. The van der Waals surface area contributed by atoms with Gasteiger partial charge in [-0.3, -0.25) is 0 Å². The van der Waals surface area contributed by atoms with Crippen LogP contribution in [0.5, 0.6) is 5.75 Å². The zero-order chi connectivity index (χ0) is 8.43. The van der Waals surface area contributed by atoms with Crippen LogP contribution in [0.15, 0.2) is 5.38 Å². The fourth-order valence-corrected chi connectivity index (χ4v) is 1.69. The molecule has 0 spiro atoms. The van der Waals surface area contributed by atoms with Crippen molar-refractivity contribution in [2.24, 2.45) is 0 Å². The van der Waals surface area contributed by atoms with Crippen LogP contribution in [0.25, 0.3) is 0 Å². The monoisotopic (exact) mass is 191 g/mol. The van der Waals surface area contributed by atoms with E-state index in [4.69, 9.17) is 16.3 Å². The fraction of sp³-hybridized carbons (Fsp3) is 0.167. The highest BCUT2D eigenvalue weighted by molar-refractivity contribution is 7.15. The Kier molecular flexibility index (Phi) is 2.36. The maximum Gasteiger partial charge on any atom is 0.390 e. The second-order valence-corrected chi connectivity index (χ2v) is 3.23. The second-order valence-electron chi connectivity index (χ2n) is 1.74. The van der Waals surface area contributed by atoms with E-state index in [1.165, 1.54) is 12.5 Å². The minimum absolute atomic E-state index is 0.00231. The maximum atomic E-state index is 10.4. The average Bonchev–Trinajstić information content (AvgIpc) is 2.30. The van der Waals surface area contributed by atoms with Gasteiger partial charge in [-0.05, 0) is 0 Å². The molecule has 0 fully saturated rings. The third kappa shape index (κ3) is 1.46. The SMILES string of the molecule is COc1c(C([O])=O)csc1Cl. The molecule has 0 atom stereocenters. The quantitative estimate of drug-likeness (QED) is 0.718. The lowest BCUT2D eigenvalue weighted by Gasteiger charge is -1.95. The molecule has 0 bridgehead atoms. The largest absolute Gasteiger partial charge is 0.493 e. The molecule has 0 aliphatic carbocycles. The van der Waals surface area contributed by atoms with Crippen LogP contribution in [-0.4, -0.2) is 13.1 Å². The third-order valence-corrected chi connectivity index (χ3v) is 2.31. The van der Waals surface area contributed by atoms with E-state index in [9.17, 15) is 9.90 Å². The molecule has 11 heavy (non-hydrogen) atoms. The van der Waals surface area contributed by atoms with Crippen LogP contribution in [0, 0.1) is 0 Å². The number of thiophene rings is 1. The first-order chi connectivity index (χ1) is 5.16. The third-order valence-electron chi connectivity index (χ3n) is 1.13. The molecule has 1 aromatic heterocycles. The van der Waals surface area contributed by atoms with Gasteiger partial charge in [0.15, 0.2) is 5.75 Å². The molecule has 3 nitrogen and oxygen atoms in total. The first-order valence-electron chi connectivity index (χ1n) is 2.69. The Morgan fingerprint density at radius 1 is 1.73 bits per heavy atom. The summed E-state index contributed by atoms with van der Waals surface area (Å²) in [5.74, 6) is -1.10. The van der Waals surface area contributed by atoms with E-state index in [1.54, 1.807) is 0 Å². The van der Waals surface area contributed by atoms with E-state index < -0.39 is 5.97 Å². The van der Waals surface area contributed by atoms with Crippen molar-refractivity contribution < 1.29 is 14.6 Å². The maximum absolute atomic E-state index is 10.4. The molecule has 0 aromatic carbocycles. The van der Waals surface area contributed by atoms with Crippen molar-refractivity contribution >= 4 is 28.9 Å². The molecule has 1 aromatic rings. The van der Waals surface area contributed by atoms with Crippen LogP contribution in [0.3, 0.4) is 0 Å². The number of methoxy groups -OCH3 is 1. The highest BCUT2D eigenvalue weighted by Crippen LogP contribution is 2.34. The van der Waals surface area contributed by atoms with E-state index in [0.29, 0.717) is 4.34 Å². The first kappa shape index (κ1) is 8.36. The van der Waals surface area contributed by atoms with Crippen LogP contribution in [0.4, 0.5) is 0 Å². The summed E-state index contributed by atoms with van der Waals surface area (Å²) < 4.78 is 5.06. The molecule has 1 rings (SSSR count). The van der Waals surface area contributed by atoms with Gasteiger partial charge in [0.2, 0.25) is 0 Å². The molecule has 1 heterocycles. The predicted molar refractivity (Wildman–Crippen MR) is 40.9 cm³/mol. The van der Waals surface area contributed by atoms with Crippen LogP contribution >= 0.6 is 22.9 Å². The number of carbonyl (C=O) groups is 1. The van der Waals surface area contributed by atoms with Gasteiger partial charge >= 0.3 is 5.97 Å². The van der Waals surface area contributed by atoms with Gasteiger partial charge in [-0.1, -0.05) is 11.6 Å². The number of hydrogen-bond donors (Lipinski definition) is 0.